The maximum atomic E-state index is 12.0. The number of anilines is 2. The molecule has 0 saturated carbocycles. The van der Waals surface area contributed by atoms with Crippen molar-refractivity contribution in [3.8, 4) is 0 Å². The largest absolute Gasteiger partial charge is 0.378 e. The molecule has 1 N–H and O–H groups in total. The summed E-state index contributed by atoms with van der Waals surface area (Å²) in [4.78, 5) is 16.1. The molecule has 0 aromatic heterocycles. The van der Waals surface area contributed by atoms with Gasteiger partial charge in [0.2, 0.25) is 0 Å². The molecule has 2 amide bonds. The van der Waals surface area contributed by atoms with Gasteiger partial charge in [0.05, 0.1) is 13.2 Å². The lowest BCUT2D eigenvalue weighted by Gasteiger charge is -2.27. The summed E-state index contributed by atoms with van der Waals surface area (Å²) in [6, 6.07) is 7.94. The quantitative estimate of drug-likeness (QED) is 0.919. The lowest BCUT2D eigenvalue weighted by atomic mass is 10.2. The molecule has 1 aromatic rings. The average molecular weight is 277 g/mol. The van der Waals surface area contributed by atoms with Gasteiger partial charge < -0.3 is 19.9 Å². The van der Waals surface area contributed by atoms with Crippen LogP contribution in [0.5, 0.6) is 0 Å². The number of morpholine rings is 1. The van der Waals surface area contributed by atoms with E-state index in [0.717, 1.165) is 18.8 Å². The van der Waals surface area contributed by atoms with Gasteiger partial charge in [0.1, 0.15) is 0 Å². The van der Waals surface area contributed by atoms with Crippen molar-refractivity contribution < 1.29 is 9.53 Å². The van der Waals surface area contributed by atoms with Crippen LogP contribution in [-0.4, -0.2) is 50.3 Å². The van der Waals surface area contributed by atoms with Crippen LogP contribution in [0.1, 0.15) is 13.8 Å². The third kappa shape index (κ3) is 3.63. The molecule has 1 aromatic carbocycles. The number of benzene rings is 1. The normalized spacial score (nSPS) is 15.0. The van der Waals surface area contributed by atoms with E-state index in [9.17, 15) is 4.79 Å². The van der Waals surface area contributed by atoms with E-state index < -0.39 is 0 Å². The van der Waals surface area contributed by atoms with Gasteiger partial charge in [-0.25, -0.2) is 4.79 Å². The van der Waals surface area contributed by atoms with Crippen molar-refractivity contribution >= 4 is 17.4 Å². The first-order chi connectivity index (χ1) is 9.74. The molecular weight excluding hydrogens is 254 g/mol. The van der Waals surface area contributed by atoms with E-state index >= 15 is 0 Å². The lowest BCUT2D eigenvalue weighted by Crippen LogP contribution is -2.43. The number of urea groups is 1. The first-order valence-electron chi connectivity index (χ1n) is 7.23. The fourth-order valence-corrected chi connectivity index (χ4v) is 2.31. The molecule has 1 fully saturated rings. The van der Waals surface area contributed by atoms with Gasteiger partial charge in [-0.05, 0) is 38.1 Å². The maximum absolute atomic E-state index is 12.0. The highest BCUT2D eigenvalue weighted by Crippen LogP contribution is 2.18. The van der Waals surface area contributed by atoms with Crippen LogP contribution in [-0.2, 0) is 4.74 Å². The Morgan fingerprint density at radius 3 is 2.35 bits per heavy atom. The highest BCUT2D eigenvalue weighted by Gasteiger charge is 2.16. The minimum atomic E-state index is -0.0520. The van der Waals surface area contributed by atoms with E-state index in [2.05, 4.69) is 24.1 Å². The number of hydrogen-bond acceptors (Lipinski definition) is 3. The van der Waals surface area contributed by atoms with E-state index in [-0.39, 0.29) is 6.03 Å². The topological polar surface area (TPSA) is 44.8 Å². The number of nitrogens with one attached hydrogen (secondary N) is 1. The Bertz CT molecular complexity index is 423. The Hall–Kier alpha value is -1.75. The van der Waals surface area contributed by atoms with Crippen LogP contribution in [0, 0.1) is 0 Å². The molecule has 2 rings (SSSR count). The average Bonchev–Trinajstić information content (AvgIpc) is 2.51. The SMILES string of the molecule is CCN(CC)c1ccc(NC(=O)N2CCOCC2)cc1. The van der Waals surface area contributed by atoms with Gasteiger partial charge in [-0.3, -0.25) is 0 Å². The number of nitrogens with zero attached hydrogens (tertiary/aromatic N) is 2. The molecule has 1 aliphatic rings. The third-order valence-electron chi connectivity index (χ3n) is 3.55. The van der Waals surface area contributed by atoms with Crippen molar-refractivity contribution in [2.45, 2.75) is 13.8 Å². The molecule has 1 heterocycles. The zero-order valence-electron chi connectivity index (χ0n) is 12.3. The molecule has 5 heteroatoms. The highest BCUT2D eigenvalue weighted by molar-refractivity contribution is 5.89. The molecule has 0 radical (unpaired) electrons. The molecule has 1 aliphatic heterocycles. The van der Waals surface area contributed by atoms with Gasteiger partial charge in [-0.15, -0.1) is 0 Å². The fourth-order valence-electron chi connectivity index (χ4n) is 2.31. The second-order valence-electron chi connectivity index (χ2n) is 4.75. The van der Waals surface area contributed by atoms with Gasteiger partial charge in [-0.1, -0.05) is 0 Å². The van der Waals surface area contributed by atoms with E-state index in [0.29, 0.717) is 26.3 Å². The molecule has 0 bridgehead atoms. The predicted octanol–water partition coefficient (Wildman–Crippen LogP) is 2.40. The Balaban J connectivity index is 1.94. The van der Waals surface area contributed by atoms with Crippen LogP contribution in [0.15, 0.2) is 24.3 Å². The van der Waals surface area contributed by atoms with Crippen LogP contribution in [0.3, 0.4) is 0 Å². The summed E-state index contributed by atoms with van der Waals surface area (Å²) in [6.45, 7) is 8.79. The van der Waals surface area contributed by atoms with E-state index in [1.807, 2.05) is 24.3 Å². The summed E-state index contributed by atoms with van der Waals surface area (Å²) >= 11 is 0. The summed E-state index contributed by atoms with van der Waals surface area (Å²) in [5, 5.41) is 2.93. The minimum absolute atomic E-state index is 0.0520. The Labute approximate surface area is 120 Å². The first-order valence-corrected chi connectivity index (χ1v) is 7.23. The molecule has 0 spiro atoms. The van der Waals surface area contributed by atoms with Crippen molar-refractivity contribution in [3.63, 3.8) is 0 Å². The number of hydrogen-bond donors (Lipinski definition) is 1. The Morgan fingerprint density at radius 1 is 1.20 bits per heavy atom. The smallest absolute Gasteiger partial charge is 0.321 e. The predicted molar refractivity (Wildman–Crippen MR) is 81.4 cm³/mol. The highest BCUT2D eigenvalue weighted by atomic mass is 16.5. The van der Waals surface area contributed by atoms with Crippen molar-refractivity contribution in [3.05, 3.63) is 24.3 Å². The number of amides is 2. The number of carbonyl (C=O) groups excluding carboxylic acids is 1. The Kier molecular flexibility index (Phi) is 5.24. The second-order valence-corrected chi connectivity index (χ2v) is 4.75. The molecule has 1 saturated heterocycles. The lowest BCUT2D eigenvalue weighted by molar-refractivity contribution is 0.0564. The molecule has 110 valence electrons. The standard InChI is InChI=1S/C15H23N3O2/c1-3-17(4-2)14-7-5-13(6-8-14)16-15(19)18-9-11-20-12-10-18/h5-8H,3-4,9-12H2,1-2H3,(H,16,19). The minimum Gasteiger partial charge on any atom is -0.378 e. The summed E-state index contributed by atoms with van der Waals surface area (Å²) in [5.74, 6) is 0. The van der Waals surface area contributed by atoms with Gasteiger partial charge >= 0.3 is 6.03 Å². The van der Waals surface area contributed by atoms with Crippen LogP contribution < -0.4 is 10.2 Å². The Morgan fingerprint density at radius 2 is 1.80 bits per heavy atom. The number of carbonyl (C=O) groups is 1. The van der Waals surface area contributed by atoms with Gasteiger partial charge in [0.15, 0.2) is 0 Å². The summed E-state index contributed by atoms with van der Waals surface area (Å²) < 4.78 is 5.24. The van der Waals surface area contributed by atoms with Crippen molar-refractivity contribution in [2.75, 3.05) is 49.6 Å². The van der Waals surface area contributed by atoms with Gasteiger partial charge in [0.25, 0.3) is 0 Å². The molecule has 5 nitrogen and oxygen atoms in total. The van der Waals surface area contributed by atoms with Crippen molar-refractivity contribution in [1.29, 1.82) is 0 Å². The van der Waals surface area contributed by atoms with E-state index in [1.54, 1.807) is 4.90 Å². The molecule has 20 heavy (non-hydrogen) atoms. The zero-order chi connectivity index (χ0) is 14.4. The van der Waals surface area contributed by atoms with Crippen LogP contribution in [0.25, 0.3) is 0 Å². The fraction of sp³-hybridized carbons (Fsp3) is 0.533. The molecule has 0 aliphatic carbocycles. The number of ether oxygens (including phenoxy) is 1. The van der Waals surface area contributed by atoms with E-state index in [1.165, 1.54) is 5.69 Å². The van der Waals surface area contributed by atoms with Crippen LogP contribution in [0.2, 0.25) is 0 Å². The molecule has 0 unspecified atom stereocenters. The second kappa shape index (κ2) is 7.14. The molecular formula is C15H23N3O2. The number of rotatable bonds is 4. The van der Waals surface area contributed by atoms with Crippen LogP contribution >= 0.6 is 0 Å². The van der Waals surface area contributed by atoms with Gasteiger partial charge in [-0.2, -0.15) is 0 Å². The third-order valence-corrected chi connectivity index (χ3v) is 3.55. The summed E-state index contributed by atoms with van der Waals surface area (Å²) in [5.41, 5.74) is 2.01. The maximum Gasteiger partial charge on any atom is 0.321 e. The summed E-state index contributed by atoms with van der Waals surface area (Å²) in [7, 11) is 0. The van der Waals surface area contributed by atoms with Crippen LogP contribution in [0.4, 0.5) is 16.2 Å². The zero-order valence-corrected chi connectivity index (χ0v) is 12.3. The van der Waals surface area contributed by atoms with E-state index in [4.69, 9.17) is 4.74 Å². The summed E-state index contributed by atoms with van der Waals surface area (Å²) in [6.07, 6.45) is 0. The molecule has 0 atom stereocenters. The van der Waals surface area contributed by atoms with Crippen molar-refractivity contribution in [1.82, 2.24) is 4.90 Å². The van der Waals surface area contributed by atoms with Crippen molar-refractivity contribution in [2.24, 2.45) is 0 Å². The first kappa shape index (κ1) is 14.7. The van der Waals surface area contributed by atoms with Gasteiger partial charge in [0, 0.05) is 37.6 Å². The monoisotopic (exact) mass is 277 g/mol.